The summed E-state index contributed by atoms with van der Waals surface area (Å²) in [5.41, 5.74) is 6.06. The summed E-state index contributed by atoms with van der Waals surface area (Å²) < 4.78 is 1.93. The molecule has 0 spiro atoms. The van der Waals surface area contributed by atoms with E-state index in [2.05, 4.69) is 24.3 Å². The highest BCUT2D eigenvalue weighted by molar-refractivity contribution is 5.73. The molecule has 0 aliphatic rings. The maximum Gasteiger partial charge on any atom is 0.217 e. The maximum absolute atomic E-state index is 10.5. The number of nitrogens with one attached hydrogen (secondary N) is 1. The van der Waals surface area contributed by atoms with Gasteiger partial charge in [0.1, 0.15) is 0 Å². The molecule has 16 heavy (non-hydrogen) atoms. The van der Waals surface area contributed by atoms with E-state index in [1.807, 2.05) is 16.9 Å². The third kappa shape index (κ3) is 4.44. The summed E-state index contributed by atoms with van der Waals surface area (Å²) in [5, 5.41) is 7.63. The molecule has 1 aromatic heterocycles. The molecule has 1 rings (SSSR count). The molecule has 0 aliphatic heterocycles. The lowest BCUT2D eigenvalue weighted by Gasteiger charge is -2.04. The Kier molecular flexibility index (Phi) is 4.98. The summed E-state index contributed by atoms with van der Waals surface area (Å²) in [5.74, 6) is -0.245. The average Bonchev–Trinajstić information content (AvgIpc) is 2.65. The van der Waals surface area contributed by atoms with Crippen LogP contribution in [0.2, 0.25) is 0 Å². The van der Waals surface area contributed by atoms with E-state index in [1.165, 1.54) is 0 Å². The number of hydrogen-bond acceptors (Lipinski definition) is 3. The van der Waals surface area contributed by atoms with Crippen molar-refractivity contribution in [3.05, 3.63) is 18.0 Å². The lowest BCUT2D eigenvalue weighted by molar-refractivity contribution is -0.118. The van der Waals surface area contributed by atoms with E-state index < -0.39 is 0 Å². The quantitative estimate of drug-likeness (QED) is 0.673. The predicted octanol–water partition coefficient (Wildman–Crippen LogP) is 0.819. The van der Waals surface area contributed by atoms with Crippen LogP contribution in [0.1, 0.15) is 38.4 Å². The van der Waals surface area contributed by atoms with Crippen LogP contribution in [0.5, 0.6) is 0 Å². The van der Waals surface area contributed by atoms with Crippen LogP contribution in [0.25, 0.3) is 0 Å². The number of carbonyl (C=O) groups is 1. The number of amides is 1. The molecule has 5 heteroatoms. The Labute approximate surface area is 96.0 Å². The summed E-state index contributed by atoms with van der Waals surface area (Å²) in [6.45, 7) is 5.71. The van der Waals surface area contributed by atoms with Crippen molar-refractivity contribution in [3.8, 4) is 0 Å². The zero-order valence-electron chi connectivity index (χ0n) is 9.94. The average molecular weight is 224 g/mol. The van der Waals surface area contributed by atoms with Gasteiger partial charge in [0, 0.05) is 25.2 Å². The van der Waals surface area contributed by atoms with Gasteiger partial charge in [-0.05, 0) is 32.9 Å². The van der Waals surface area contributed by atoms with Crippen molar-refractivity contribution in [1.82, 2.24) is 15.1 Å². The van der Waals surface area contributed by atoms with Crippen molar-refractivity contribution in [3.63, 3.8) is 0 Å². The number of hydrogen-bond donors (Lipinski definition) is 2. The molecule has 0 atom stereocenters. The van der Waals surface area contributed by atoms with Crippen LogP contribution in [0, 0.1) is 0 Å². The Hall–Kier alpha value is -1.36. The van der Waals surface area contributed by atoms with Crippen LogP contribution in [-0.2, 0) is 11.3 Å². The second kappa shape index (κ2) is 6.27. The summed E-state index contributed by atoms with van der Waals surface area (Å²) in [7, 11) is 0. The molecular weight excluding hydrogens is 204 g/mol. The Morgan fingerprint density at radius 1 is 1.62 bits per heavy atom. The summed E-state index contributed by atoms with van der Waals surface area (Å²) in [4.78, 5) is 10.5. The van der Waals surface area contributed by atoms with Gasteiger partial charge in [0.25, 0.3) is 0 Å². The minimum absolute atomic E-state index is 0.245. The van der Waals surface area contributed by atoms with E-state index in [-0.39, 0.29) is 5.91 Å². The summed E-state index contributed by atoms with van der Waals surface area (Å²) in [6.07, 6.45) is 3.19. The molecule has 0 aromatic carbocycles. The maximum atomic E-state index is 10.5. The molecule has 0 saturated heterocycles. The van der Waals surface area contributed by atoms with Gasteiger partial charge in [-0.15, -0.1) is 0 Å². The zero-order chi connectivity index (χ0) is 12.0. The number of nitrogens with two attached hydrogens (primary N) is 1. The monoisotopic (exact) mass is 224 g/mol. The molecule has 90 valence electrons. The van der Waals surface area contributed by atoms with Gasteiger partial charge < -0.3 is 11.1 Å². The third-order valence-corrected chi connectivity index (χ3v) is 2.28. The Balaban J connectivity index is 2.19. The standard InChI is InChI=1S/C11H20N4O/c1-9(2)15-7-5-10(14-15)8-13-6-3-4-11(12)16/h5,7,9,13H,3-4,6,8H2,1-2H3,(H2,12,16). The Morgan fingerprint density at radius 3 is 2.94 bits per heavy atom. The van der Waals surface area contributed by atoms with E-state index in [9.17, 15) is 4.79 Å². The number of nitrogens with zero attached hydrogens (tertiary/aromatic N) is 2. The number of aromatic nitrogens is 2. The van der Waals surface area contributed by atoms with Crippen molar-refractivity contribution in [2.24, 2.45) is 5.73 Å². The van der Waals surface area contributed by atoms with E-state index in [0.29, 0.717) is 12.5 Å². The summed E-state index contributed by atoms with van der Waals surface area (Å²) in [6, 6.07) is 2.39. The lowest BCUT2D eigenvalue weighted by atomic mass is 10.3. The molecule has 0 fully saturated rings. The lowest BCUT2D eigenvalue weighted by Crippen LogP contribution is -2.18. The second-order valence-corrected chi connectivity index (χ2v) is 4.13. The van der Waals surface area contributed by atoms with Crippen LogP contribution in [0.4, 0.5) is 0 Å². The molecule has 1 amide bonds. The van der Waals surface area contributed by atoms with Gasteiger partial charge in [0.05, 0.1) is 5.69 Å². The minimum Gasteiger partial charge on any atom is -0.370 e. The van der Waals surface area contributed by atoms with Gasteiger partial charge in [-0.2, -0.15) is 5.10 Å². The molecule has 0 radical (unpaired) electrons. The van der Waals surface area contributed by atoms with Crippen LogP contribution in [0.15, 0.2) is 12.3 Å². The topological polar surface area (TPSA) is 72.9 Å². The van der Waals surface area contributed by atoms with Crippen molar-refractivity contribution < 1.29 is 4.79 Å². The van der Waals surface area contributed by atoms with Gasteiger partial charge in [0.15, 0.2) is 0 Å². The second-order valence-electron chi connectivity index (χ2n) is 4.13. The minimum atomic E-state index is -0.245. The Morgan fingerprint density at radius 2 is 2.38 bits per heavy atom. The molecule has 0 saturated carbocycles. The summed E-state index contributed by atoms with van der Waals surface area (Å²) >= 11 is 0. The fraction of sp³-hybridized carbons (Fsp3) is 0.636. The SMILES string of the molecule is CC(C)n1ccc(CNCCCC(N)=O)n1. The van der Waals surface area contributed by atoms with Gasteiger partial charge in [-0.25, -0.2) is 0 Å². The molecule has 3 N–H and O–H groups in total. The number of primary amides is 1. The van der Waals surface area contributed by atoms with E-state index >= 15 is 0 Å². The van der Waals surface area contributed by atoms with Crippen molar-refractivity contribution >= 4 is 5.91 Å². The first-order valence-electron chi connectivity index (χ1n) is 5.62. The normalized spacial score (nSPS) is 10.9. The van der Waals surface area contributed by atoms with Gasteiger partial charge in [0.2, 0.25) is 5.91 Å². The van der Waals surface area contributed by atoms with E-state index in [1.54, 1.807) is 0 Å². The molecule has 0 bridgehead atoms. The highest BCUT2D eigenvalue weighted by atomic mass is 16.1. The molecule has 1 heterocycles. The van der Waals surface area contributed by atoms with Crippen LogP contribution < -0.4 is 11.1 Å². The van der Waals surface area contributed by atoms with Crippen molar-refractivity contribution in [1.29, 1.82) is 0 Å². The smallest absolute Gasteiger partial charge is 0.217 e. The number of rotatable bonds is 7. The van der Waals surface area contributed by atoms with Crippen LogP contribution in [-0.4, -0.2) is 22.2 Å². The molecular formula is C11H20N4O. The zero-order valence-corrected chi connectivity index (χ0v) is 9.94. The predicted molar refractivity (Wildman–Crippen MR) is 62.7 cm³/mol. The first-order chi connectivity index (χ1) is 7.59. The highest BCUT2D eigenvalue weighted by Gasteiger charge is 2.01. The third-order valence-electron chi connectivity index (χ3n) is 2.28. The largest absolute Gasteiger partial charge is 0.370 e. The molecule has 0 unspecified atom stereocenters. The fourth-order valence-electron chi connectivity index (χ4n) is 1.36. The van der Waals surface area contributed by atoms with Crippen LogP contribution >= 0.6 is 0 Å². The van der Waals surface area contributed by atoms with Gasteiger partial charge in [-0.1, -0.05) is 0 Å². The first kappa shape index (κ1) is 12.7. The van der Waals surface area contributed by atoms with E-state index in [4.69, 9.17) is 5.73 Å². The highest BCUT2D eigenvalue weighted by Crippen LogP contribution is 2.03. The Bertz CT molecular complexity index is 332. The molecule has 5 nitrogen and oxygen atoms in total. The van der Waals surface area contributed by atoms with Gasteiger partial charge >= 0.3 is 0 Å². The van der Waals surface area contributed by atoms with Gasteiger partial charge in [-0.3, -0.25) is 9.48 Å². The van der Waals surface area contributed by atoms with E-state index in [0.717, 1.165) is 25.2 Å². The van der Waals surface area contributed by atoms with Crippen LogP contribution in [0.3, 0.4) is 0 Å². The van der Waals surface area contributed by atoms with Crippen molar-refractivity contribution in [2.45, 2.75) is 39.3 Å². The number of carbonyl (C=O) groups excluding carboxylic acids is 1. The fourth-order valence-corrected chi connectivity index (χ4v) is 1.36. The first-order valence-corrected chi connectivity index (χ1v) is 5.62. The molecule has 1 aromatic rings. The van der Waals surface area contributed by atoms with Crippen molar-refractivity contribution in [2.75, 3.05) is 6.54 Å². The molecule has 0 aliphatic carbocycles.